The van der Waals surface area contributed by atoms with Crippen LogP contribution >= 0.6 is 0 Å². The van der Waals surface area contributed by atoms with Crippen molar-refractivity contribution in [2.75, 3.05) is 6.61 Å². The molecule has 1 unspecified atom stereocenters. The summed E-state index contributed by atoms with van der Waals surface area (Å²) in [6, 6.07) is 12.9. The minimum Gasteiger partial charge on any atom is -0.396 e. The smallest absolute Gasteiger partial charge is 0.123 e. The minimum absolute atomic E-state index is 0.0605. The number of halogens is 1. The highest BCUT2D eigenvalue weighted by Gasteiger charge is 2.14. The topological polar surface area (TPSA) is 20.2 Å². The van der Waals surface area contributed by atoms with Crippen molar-refractivity contribution < 1.29 is 9.50 Å². The Hall–Kier alpha value is -1.67. The van der Waals surface area contributed by atoms with Crippen LogP contribution in [0, 0.1) is 19.7 Å². The molecule has 0 amide bonds. The standard InChI is InChI=1S/C17H19FO/c1-12-5-3-4-6-17(12)15(11-19)10-14-7-8-16(18)9-13(14)2/h3-9,15,19H,10-11H2,1-2H3. The summed E-state index contributed by atoms with van der Waals surface area (Å²) in [4.78, 5) is 0. The molecule has 0 heterocycles. The Balaban J connectivity index is 2.27. The summed E-state index contributed by atoms with van der Waals surface area (Å²) in [5, 5.41) is 9.64. The van der Waals surface area contributed by atoms with E-state index in [9.17, 15) is 9.50 Å². The maximum atomic E-state index is 13.1. The summed E-state index contributed by atoms with van der Waals surface area (Å²) in [5.41, 5.74) is 4.37. The van der Waals surface area contributed by atoms with E-state index >= 15 is 0 Å². The molecule has 100 valence electrons. The molecule has 0 fully saturated rings. The summed E-state index contributed by atoms with van der Waals surface area (Å²) in [6.07, 6.45) is 0.730. The van der Waals surface area contributed by atoms with Crippen LogP contribution in [0.25, 0.3) is 0 Å². The fourth-order valence-corrected chi connectivity index (χ4v) is 2.47. The van der Waals surface area contributed by atoms with E-state index < -0.39 is 0 Å². The molecule has 2 aromatic rings. The van der Waals surface area contributed by atoms with Gasteiger partial charge in [-0.2, -0.15) is 0 Å². The van der Waals surface area contributed by atoms with Gasteiger partial charge in [-0.25, -0.2) is 4.39 Å². The molecule has 0 aliphatic heterocycles. The second-order valence-electron chi connectivity index (χ2n) is 5.01. The normalized spacial score (nSPS) is 12.4. The second-order valence-corrected chi connectivity index (χ2v) is 5.01. The molecule has 2 rings (SSSR count). The predicted octanol–water partition coefficient (Wildman–Crippen LogP) is 3.76. The van der Waals surface area contributed by atoms with Gasteiger partial charge in [0.2, 0.25) is 0 Å². The van der Waals surface area contributed by atoms with Gasteiger partial charge in [-0.15, -0.1) is 0 Å². The zero-order chi connectivity index (χ0) is 13.8. The first kappa shape index (κ1) is 13.8. The van der Waals surface area contributed by atoms with Crippen LogP contribution in [0.3, 0.4) is 0 Å². The fraction of sp³-hybridized carbons (Fsp3) is 0.294. The molecule has 19 heavy (non-hydrogen) atoms. The van der Waals surface area contributed by atoms with Crippen molar-refractivity contribution in [1.82, 2.24) is 0 Å². The number of aliphatic hydroxyl groups excluding tert-OH is 1. The van der Waals surface area contributed by atoms with Gasteiger partial charge in [0.15, 0.2) is 0 Å². The molecular formula is C17H19FO. The summed E-state index contributed by atoms with van der Waals surface area (Å²) in [6.45, 7) is 4.06. The first-order chi connectivity index (χ1) is 9.11. The first-order valence-corrected chi connectivity index (χ1v) is 6.53. The highest BCUT2D eigenvalue weighted by atomic mass is 19.1. The Morgan fingerprint density at radius 3 is 2.42 bits per heavy atom. The van der Waals surface area contributed by atoms with Gasteiger partial charge in [-0.1, -0.05) is 30.3 Å². The monoisotopic (exact) mass is 258 g/mol. The molecule has 0 aromatic heterocycles. The Morgan fingerprint density at radius 1 is 1.05 bits per heavy atom. The van der Waals surface area contributed by atoms with Crippen LogP contribution in [0.15, 0.2) is 42.5 Å². The van der Waals surface area contributed by atoms with E-state index in [4.69, 9.17) is 0 Å². The molecule has 0 saturated heterocycles. The third kappa shape index (κ3) is 3.21. The van der Waals surface area contributed by atoms with Gasteiger partial charge in [0.1, 0.15) is 5.82 Å². The van der Waals surface area contributed by atoms with Crippen molar-refractivity contribution in [3.05, 3.63) is 70.5 Å². The lowest BCUT2D eigenvalue weighted by molar-refractivity contribution is 0.264. The van der Waals surface area contributed by atoms with Gasteiger partial charge in [-0.3, -0.25) is 0 Å². The molecule has 0 bridgehead atoms. The maximum Gasteiger partial charge on any atom is 0.123 e. The van der Waals surface area contributed by atoms with E-state index in [1.54, 1.807) is 6.07 Å². The largest absolute Gasteiger partial charge is 0.396 e. The number of hydrogen-bond acceptors (Lipinski definition) is 1. The van der Waals surface area contributed by atoms with Crippen molar-refractivity contribution in [2.24, 2.45) is 0 Å². The fourth-order valence-electron chi connectivity index (χ4n) is 2.47. The molecule has 0 aliphatic carbocycles. The zero-order valence-corrected chi connectivity index (χ0v) is 11.4. The first-order valence-electron chi connectivity index (χ1n) is 6.53. The molecule has 0 radical (unpaired) electrons. The van der Waals surface area contributed by atoms with E-state index in [-0.39, 0.29) is 18.3 Å². The van der Waals surface area contributed by atoms with Gasteiger partial charge < -0.3 is 5.11 Å². The van der Waals surface area contributed by atoms with E-state index in [2.05, 4.69) is 19.1 Å². The Morgan fingerprint density at radius 2 is 1.79 bits per heavy atom. The summed E-state index contributed by atoms with van der Waals surface area (Å²) < 4.78 is 13.1. The van der Waals surface area contributed by atoms with Gasteiger partial charge in [0.05, 0.1) is 6.61 Å². The molecule has 0 aliphatic rings. The molecule has 2 aromatic carbocycles. The SMILES string of the molecule is Cc1cc(F)ccc1CC(CO)c1ccccc1C. The lowest BCUT2D eigenvalue weighted by Crippen LogP contribution is -2.10. The predicted molar refractivity (Wildman–Crippen MR) is 75.8 cm³/mol. The average molecular weight is 258 g/mol. The van der Waals surface area contributed by atoms with Crippen LogP contribution in [-0.2, 0) is 6.42 Å². The Labute approximate surface area is 113 Å². The van der Waals surface area contributed by atoms with Crippen LogP contribution in [0.5, 0.6) is 0 Å². The summed E-state index contributed by atoms with van der Waals surface area (Å²) in [5.74, 6) is -0.150. The molecule has 2 heteroatoms. The highest BCUT2D eigenvalue weighted by molar-refractivity contribution is 5.33. The third-order valence-corrected chi connectivity index (χ3v) is 3.62. The van der Waals surface area contributed by atoms with Crippen LogP contribution < -0.4 is 0 Å². The quantitative estimate of drug-likeness (QED) is 0.885. The van der Waals surface area contributed by atoms with Crippen molar-refractivity contribution in [3.63, 3.8) is 0 Å². The number of aliphatic hydroxyl groups is 1. The van der Waals surface area contributed by atoms with Crippen molar-refractivity contribution in [2.45, 2.75) is 26.2 Å². The lowest BCUT2D eigenvalue weighted by atomic mass is 9.88. The van der Waals surface area contributed by atoms with E-state index in [0.29, 0.717) is 0 Å². The number of benzene rings is 2. The van der Waals surface area contributed by atoms with Crippen LogP contribution in [0.2, 0.25) is 0 Å². The average Bonchev–Trinajstić information content (AvgIpc) is 2.39. The maximum absolute atomic E-state index is 13.1. The van der Waals surface area contributed by atoms with Crippen LogP contribution in [0.4, 0.5) is 4.39 Å². The van der Waals surface area contributed by atoms with Gasteiger partial charge in [0, 0.05) is 5.92 Å². The van der Waals surface area contributed by atoms with Gasteiger partial charge >= 0.3 is 0 Å². The second kappa shape index (κ2) is 5.98. The van der Waals surface area contributed by atoms with Gasteiger partial charge in [-0.05, 0) is 54.7 Å². The molecule has 1 atom stereocenters. The van der Waals surface area contributed by atoms with Crippen molar-refractivity contribution in [1.29, 1.82) is 0 Å². The van der Waals surface area contributed by atoms with Gasteiger partial charge in [0.25, 0.3) is 0 Å². The van der Waals surface area contributed by atoms with E-state index in [1.807, 2.05) is 25.1 Å². The van der Waals surface area contributed by atoms with E-state index in [0.717, 1.165) is 23.1 Å². The zero-order valence-electron chi connectivity index (χ0n) is 11.4. The molecule has 1 N–H and O–H groups in total. The van der Waals surface area contributed by atoms with Crippen molar-refractivity contribution in [3.8, 4) is 0 Å². The van der Waals surface area contributed by atoms with Crippen LogP contribution in [-0.4, -0.2) is 11.7 Å². The van der Waals surface area contributed by atoms with Crippen molar-refractivity contribution >= 4 is 0 Å². The number of hydrogen-bond donors (Lipinski definition) is 1. The number of aryl methyl sites for hydroxylation is 2. The molecule has 1 nitrogen and oxygen atoms in total. The summed E-state index contributed by atoms with van der Waals surface area (Å²) in [7, 11) is 0. The summed E-state index contributed by atoms with van der Waals surface area (Å²) >= 11 is 0. The molecule has 0 spiro atoms. The van der Waals surface area contributed by atoms with Crippen LogP contribution in [0.1, 0.15) is 28.2 Å². The van der Waals surface area contributed by atoms with E-state index in [1.165, 1.54) is 11.6 Å². The third-order valence-electron chi connectivity index (χ3n) is 3.62. The Kier molecular flexibility index (Phi) is 4.33. The minimum atomic E-state index is -0.210. The highest BCUT2D eigenvalue weighted by Crippen LogP contribution is 2.25. The Bertz CT molecular complexity index is 563. The molecule has 0 saturated carbocycles. The lowest BCUT2D eigenvalue weighted by Gasteiger charge is -2.18. The number of rotatable bonds is 4. The molecular weight excluding hydrogens is 239 g/mol.